The van der Waals surface area contributed by atoms with Crippen molar-refractivity contribution in [1.29, 1.82) is 0 Å². The molecule has 0 aliphatic heterocycles. The Hall–Kier alpha value is -1.56. The summed E-state index contributed by atoms with van der Waals surface area (Å²) in [7, 11) is 0. The highest BCUT2D eigenvalue weighted by atomic mass is 19.3. The number of esters is 1. The number of pyridine rings is 1. The average Bonchev–Trinajstić information content (AvgIpc) is 2.28. The molecule has 0 aliphatic carbocycles. The van der Waals surface area contributed by atoms with Gasteiger partial charge in [-0.3, -0.25) is 0 Å². The summed E-state index contributed by atoms with van der Waals surface area (Å²) >= 11 is 0. The van der Waals surface area contributed by atoms with Crippen LogP contribution in [0.2, 0.25) is 0 Å². The van der Waals surface area contributed by atoms with Crippen LogP contribution in [0.5, 0.6) is 0 Å². The number of rotatable bonds is 4. The maximum absolute atomic E-state index is 12.6. The van der Waals surface area contributed by atoms with Crippen LogP contribution in [-0.2, 0) is 11.3 Å². The van der Waals surface area contributed by atoms with Crippen molar-refractivity contribution in [2.45, 2.75) is 26.8 Å². The molecule has 0 aromatic carbocycles. The lowest BCUT2D eigenvalue weighted by Crippen LogP contribution is -2.16. The molecule has 0 saturated carbocycles. The minimum atomic E-state index is -2.73. The van der Waals surface area contributed by atoms with E-state index in [1.807, 2.05) is 0 Å². The Kier molecular flexibility index (Phi) is 4.51. The van der Waals surface area contributed by atoms with Crippen molar-refractivity contribution in [3.63, 3.8) is 0 Å². The third-order valence-electron chi connectivity index (χ3n) is 2.26. The van der Waals surface area contributed by atoms with Gasteiger partial charge in [0, 0.05) is 12.1 Å². The quantitative estimate of drug-likeness (QED) is 0.822. The van der Waals surface area contributed by atoms with Gasteiger partial charge in [0.25, 0.3) is 6.43 Å². The molecule has 1 heterocycles. The molecule has 0 aliphatic rings. The second-order valence-corrected chi connectivity index (χ2v) is 3.42. The number of nitrogens with two attached hydrogens (primary N) is 1. The Morgan fingerprint density at radius 2 is 2.24 bits per heavy atom. The Labute approximate surface area is 97.8 Å². The first kappa shape index (κ1) is 13.5. The summed E-state index contributed by atoms with van der Waals surface area (Å²) in [5.74, 6) is -0.724. The highest BCUT2D eigenvalue weighted by Gasteiger charge is 2.20. The summed E-state index contributed by atoms with van der Waals surface area (Å²) in [5, 5.41) is 0. The van der Waals surface area contributed by atoms with Crippen LogP contribution >= 0.6 is 0 Å². The van der Waals surface area contributed by atoms with Crippen LogP contribution in [0.4, 0.5) is 8.78 Å². The van der Waals surface area contributed by atoms with Crippen LogP contribution in [0, 0.1) is 6.92 Å². The maximum atomic E-state index is 12.6. The van der Waals surface area contributed by atoms with Gasteiger partial charge < -0.3 is 10.5 Å². The van der Waals surface area contributed by atoms with Crippen LogP contribution < -0.4 is 5.73 Å². The fraction of sp³-hybridized carbons (Fsp3) is 0.455. The number of nitrogens with zero attached hydrogens (tertiary/aromatic N) is 1. The lowest BCUT2D eigenvalue weighted by molar-refractivity contribution is 0.0516. The topological polar surface area (TPSA) is 65.2 Å². The molecular formula is C11H14F2N2O2. The molecule has 0 bridgehead atoms. The van der Waals surface area contributed by atoms with Crippen molar-refractivity contribution in [3.8, 4) is 0 Å². The van der Waals surface area contributed by atoms with E-state index in [1.54, 1.807) is 13.8 Å². The van der Waals surface area contributed by atoms with E-state index >= 15 is 0 Å². The molecule has 1 rings (SSSR count). The summed E-state index contributed by atoms with van der Waals surface area (Å²) in [5.41, 5.74) is 5.87. The monoisotopic (exact) mass is 244 g/mol. The number of halogens is 2. The van der Waals surface area contributed by atoms with Gasteiger partial charge in [-0.25, -0.2) is 18.6 Å². The normalized spacial score (nSPS) is 10.7. The molecule has 1 aromatic heterocycles. The molecule has 0 saturated heterocycles. The van der Waals surface area contributed by atoms with Crippen molar-refractivity contribution >= 4 is 5.97 Å². The first-order chi connectivity index (χ1) is 8.01. The van der Waals surface area contributed by atoms with Gasteiger partial charge >= 0.3 is 5.97 Å². The number of aryl methyl sites for hydroxylation is 1. The van der Waals surface area contributed by atoms with Gasteiger partial charge in [-0.15, -0.1) is 0 Å². The second-order valence-electron chi connectivity index (χ2n) is 3.42. The first-order valence-electron chi connectivity index (χ1n) is 5.17. The van der Waals surface area contributed by atoms with Crippen molar-refractivity contribution in [2.75, 3.05) is 6.61 Å². The summed E-state index contributed by atoms with van der Waals surface area (Å²) in [4.78, 5) is 15.2. The molecule has 0 atom stereocenters. The Bertz CT molecular complexity index is 422. The van der Waals surface area contributed by atoms with Crippen molar-refractivity contribution in [3.05, 3.63) is 28.6 Å². The van der Waals surface area contributed by atoms with Gasteiger partial charge in [0.05, 0.1) is 6.61 Å². The summed E-state index contributed by atoms with van der Waals surface area (Å²) in [6, 6.07) is 1.23. The maximum Gasteiger partial charge on any atom is 0.357 e. The first-order valence-corrected chi connectivity index (χ1v) is 5.17. The van der Waals surface area contributed by atoms with Gasteiger partial charge in [-0.2, -0.15) is 0 Å². The molecule has 2 N–H and O–H groups in total. The predicted octanol–water partition coefficient (Wildman–Crippen LogP) is 1.96. The molecule has 1 aromatic rings. The van der Waals surface area contributed by atoms with E-state index in [-0.39, 0.29) is 18.8 Å². The summed E-state index contributed by atoms with van der Waals surface area (Å²) in [6.45, 7) is 3.45. The van der Waals surface area contributed by atoms with Crippen molar-refractivity contribution in [2.24, 2.45) is 5.73 Å². The molecule has 0 fully saturated rings. The van der Waals surface area contributed by atoms with E-state index in [0.29, 0.717) is 11.1 Å². The van der Waals surface area contributed by atoms with E-state index in [2.05, 4.69) is 4.98 Å². The van der Waals surface area contributed by atoms with Crippen LogP contribution in [0.25, 0.3) is 0 Å². The zero-order valence-corrected chi connectivity index (χ0v) is 9.67. The van der Waals surface area contributed by atoms with Gasteiger partial charge in [0.15, 0.2) is 5.69 Å². The van der Waals surface area contributed by atoms with Gasteiger partial charge in [0.1, 0.15) is 5.69 Å². The number of hydrogen-bond donors (Lipinski definition) is 1. The minimum Gasteiger partial charge on any atom is -0.461 e. The zero-order chi connectivity index (χ0) is 13.0. The highest BCUT2D eigenvalue weighted by Crippen LogP contribution is 2.22. The Balaban J connectivity index is 3.28. The number of alkyl halides is 2. The second kappa shape index (κ2) is 5.67. The van der Waals surface area contributed by atoms with E-state index < -0.39 is 18.1 Å². The molecule has 0 unspecified atom stereocenters. The van der Waals surface area contributed by atoms with E-state index in [0.717, 1.165) is 0 Å². The minimum absolute atomic E-state index is 0.0521. The molecule has 0 amide bonds. The Morgan fingerprint density at radius 1 is 1.59 bits per heavy atom. The van der Waals surface area contributed by atoms with Crippen LogP contribution in [0.15, 0.2) is 6.07 Å². The molecule has 94 valence electrons. The highest BCUT2D eigenvalue weighted by molar-refractivity contribution is 5.89. The van der Waals surface area contributed by atoms with E-state index in [9.17, 15) is 13.6 Å². The standard InChI is InChI=1S/C11H14F2N2O2/c1-3-17-11(16)9-7(5-14)6(2)4-8(15-9)10(12)13/h4,10H,3,5,14H2,1-2H3. The lowest BCUT2D eigenvalue weighted by Gasteiger charge is -2.11. The largest absolute Gasteiger partial charge is 0.461 e. The summed E-state index contributed by atoms with van der Waals surface area (Å²) < 4.78 is 29.9. The Morgan fingerprint density at radius 3 is 2.71 bits per heavy atom. The number of ether oxygens (including phenoxy) is 1. The van der Waals surface area contributed by atoms with Gasteiger partial charge in [0.2, 0.25) is 0 Å². The van der Waals surface area contributed by atoms with Crippen LogP contribution in [0.3, 0.4) is 0 Å². The van der Waals surface area contributed by atoms with E-state index in [4.69, 9.17) is 10.5 Å². The van der Waals surface area contributed by atoms with Gasteiger partial charge in [-0.1, -0.05) is 0 Å². The zero-order valence-electron chi connectivity index (χ0n) is 9.67. The smallest absolute Gasteiger partial charge is 0.357 e. The summed E-state index contributed by atoms with van der Waals surface area (Å²) in [6.07, 6.45) is -2.73. The average molecular weight is 244 g/mol. The fourth-order valence-electron chi connectivity index (χ4n) is 1.46. The number of aromatic nitrogens is 1. The molecule has 6 heteroatoms. The lowest BCUT2D eigenvalue weighted by atomic mass is 10.1. The fourth-order valence-corrected chi connectivity index (χ4v) is 1.46. The number of carbonyl (C=O) groups is 1. The van der Waals surface area contributed by atoms with Crippen molar-refractivity contribution in [1.82, 2.24) is 4.98 Å². The van der Waals surface area contributed by atoms with Crippen LogP contribution in [0.1, 0.15) is 40.7 Å². The molecule has 0 spiro atoms. The number of carbonyl (C=O) groups excluding carboxylic acids is 1. The molecule has 0 radical (unpaired) electrons. The SMILES string of the molecule is CCOC(=O)c1nc(C(F)F)cc(C)c1CN. The van der Waals surface area contributed by atoms with Crippen LogP contribution in [-0.4, -0.2) is 17.6 Å². The third kappa shape index (κ3) is 2.97. The number of hydrogen-bond acceptors (Lipinski definition) is 4. The van der Waals surface area contributed by atoms with Gasteiger partial charge in [-0.05, 0) is 25.5 Å². The van der Waals surface area contributed by atoms with Crippen molar-refractivity contribution < 1.29 is 18.3 Å². The molecule has 17 heavy (non-hydrogen) atoms. The predicted molar refractivity (Wildman–Crippen MR) is 57.8 cm³/mol. The third-order valence-corrected chi connectivity index (χ3v) is 2.26. The molecular weight excluding hydrogens is 230 g/mol. The van der Waals surface area contributed by atoms with E-state index in [1.165, 1.54) is 6.07 Å². The molecule has 4 nitrogen and oxygen atoms in total.